The summed E-state index contributed by atoms with van der Waals surface area (Å²) >= 11 is 6.16. The minimum Gasteiger partial charge on any atom is -0.360 e. The van der Waals surface area contributed by atoms with Gasteiger partial charge in [-0.05, 0) is 48.4 Å². The summed E-state index contributed by atoms with van der Waals surface area (Å²) in [6.07, 6.45) is 1.10. The largest absolute Gasteiger partial charge is 0.360 e. The number of piperazine rings is 1. The molecule has 0 amide bonds. The van der Waals surface area contributed by atoms with Gasteiger partial charge in [-0.2, -0.15) is 0 Å². The van der Waals surface area contributed by atoms with Gasteiger partial charge in [0.25, 0.3) is 0 Å². The first kappa shape index (κ1) is 19.1. The number of aromatic nitrogens is 4. The minimum absolute atomic E-state index is 0.279. The molecule has 0 radical (unpaired) electrons. The molecule has 6 nitrogen and oxygen atoms in total. The van der Waals surface area contributed by atoms with E-state index in [-0.39, 0.29) is 6.04 Å². The molecular formula is C19H30ClN6+. The van der Waals surface area contributed by atoms with Crippen molar-refractivity contribution in [2.45, 2.75) is 46.2 Å². The molecule has 1 N–H and O–H groups in total. The molecule has 26 heavy (non-hydrogen) atoms. The highest BCUT2D eigenvalue weighted by Gasteiger charge is 2.33. The lowest BCUT2D eigenvalue weighted by Crippen LogP contribution is -3.15. The van der Waals surface area contributed by atoms with Crippen molar-refractivity contribution in [1.29, 1.82) is 0 Å². The molecule has 0 saturated carbocycles. The minimum atomic E-state index is 0.279. The molecule has 1 aromatic carbocycles. The zero-order valence-corrected chi connectivity index (χ0v) is 16.9. The van der Waals surface area contributed by atoms with Crippen LogP contribution in [0.3, 0.4) is 0 Å². The van der Waals surface area contributed by atoms with Crippen LogP contribution in [0.15, 0.2) is 24.3 Å². The fourth-order valence-corrected chi connectivity index (χ4v) is 3.98. The quantitative estimate of drug-likeness (QED) is 0.839. The highest BCUT2D eigenvalue weighted by molar-refractivity contribution is 6.30. The number of hydrogen-bond donors (Lipinski definition) is 1. The van der Waals surface area contributed by atoms with E-state index < -0.39 is 0 Å². The molecule has 142 valence electrons. The van der Waals surface area contributed by atoms with Crippen LogP contribution in [0.5, 0.6) is 0 Å². The Balaban J connectivity index is 1.74. The fraction of sp³-hybridized carbons (Fsp3) is 0.632. The van der Waals surface area contributed by atoms with Crippen LogP contribution in [0.25, 0.3) is 0 Å². The third-order valence-electron chi connectivity index (χ3n) is 5.10. The molecule has 3 rings (SSSR count). The summed E-state index contributed by atoms with van der Waals surface area (Å²) in [7, 11) is 0. The third kappa shape index (κ3) is 4.35. The number of tetrazole rings is 1. The molecule has 0 aliphatic carbocycles. The van der Waals surface area contributed by atoms with E-state index in [0.717, 1.165) is 43.4 Å². The van der Waals surface area contributed by atoms with Gasteiger partial charge < -0.3 is 9.80 Å². The third-order valence-corrected chi connectivity index (χ3v) is 5.33. The van der Waals surface area contributed by atoms with Crippen molar-refractivity contribution in [2.24, 2.45) is 5.92 Å². The Kier molecular flexibility index (Phi) is 6.14. The Bertz CT molecular complexity index is 706. The van der Waals surface area contributed by atoms with Gasteiger partial charge in [-0.1, -0.05) is 31.5 Å². The van der Waals surface area contributed by atoms with Gasteiger partial charge in [0.15, 0.2) is 0 Å². The number of benzene rings is 1. The van der Waals surface area contributed by atoms with Gasteiger partial charge in [0.1, 0.15) is 6.04 Å². The lowest BCUT2D eigenvalue weighted by atomic mass is 10.0. The highest BCUT2D eigenvalue weighted by atomic mass is 35.5. The zero-order valence-electron chi connectivity index (χ0n) is 16.2. The fourth-order valence-electron chi connectivity index (χ4n) is 3.80. The van der Waals surface area contributed by atoms with Crippen LogP contribution < -0.4 is 9.80 Å². The molecular weight excluding hydrogens is 348 g/mol. The lowest BCUT2D eigenvalue weighted by Gasteiger charge is -2.37. The molecule has 1 aliphatic rings. The van der Waals surface area contributed by atoms with Crippen LogP contribution in [-0.2, 0) is 0 Å². The maximum Gasteiger partial charge on any atom is 0.209 e. The summed E-state index contributed by atoms with van der Waals surface area (Å²) < 4.78 is 1.99. The van der Waals surface area contributed by atoms with Crippen molar-refractivity contribution in [3.05, 3.63) is 35.1 Å². The summed E-state index contributed by atoms with van der Waals surface area (Å²) in [4.78, 5) is 4.00. The van der Waals surface area contributed by atoms with E-state index in [9.17, 15) is 0 Å². The number of anilines is 1. The molecule has 0 bridgehead atoms. The van der Waals surface area contributed by atoms with E-state index in [1.165, 1.54) is 5.69 Å². The van der Waals surface area contributed by atoms with Gasteiger partial charge in [-0.25, -0.2) is 4.68 Å². The zero-order chi connectivity index (χ0) is 18.7. The molecule has 2 heterocycles. The summed E-state index contributed by atoms with van der Waals surface area (Å²) in [6, 6.07) is 8.77. The maximum atomic E-state index is 6.16. The molecule has 1 atom stereocenters. The monoisotopic (exact) mass is 377 g/mol. The average Bonchev–Trinajstić information content (AvgIpc) is 3.09. The first-order valence-electron chi connectivity index (χ1n) is 9.58. The van der Waals surface area contributed by atoms with Crippen LogP contribution >= 0.6 is 11.6 Å². The normalized spacial score (nSPS) is 17.3. The van der Waals surface area contributed by atoms with E-state index in [4.69, 9.17) is 11.6 Å². The van der Waals surface area contributed by atoms with Gasteiger partial charge >= 0.3 is 0 Å². The summed E-state index contributed by atoms with van der Waals surface area (Å²) in [6.45, 7) is 13.0. The smallest absolute Gasteiger partial charge is 0.209 e. The molecule has 1 saturated heterocycles. The number of quaternary nitrogens is 1. The molecule has 1 aromatic heterocycles. The maximum absolute atomic E-state index is 6.16. The van der Waals surface area contributed by atoms with E-state index in [1.807, 2.05) is 16.8 Å². The van der Waals surface area contributed by atoms with Crippen molar-refractivity contribution >= 4 is 17.3 Å². The van der Waals surface area contributed by atoms with Crippen molar-refractivity contribution < 1.29 is 4.90 Å². The Labute approximate surface area is 161 Å². The predicted molar refractivity (Wildman–Crippen MR) is 105 cm³/mol. The SMILES string of the molecule is CC(C)C[C@@H](c1nnnn1C(C)C)[NH+]1CCN(c2cccc(Cl)c2)CC1. The Morgan fingerprint density at radius 2 is 1.88 bits per heavy atom. The Morgan fingerprint density at radius 1 is 1.15 bits per heavy atom. The van der Waals surface area contributed by atoms with Crippen molar-refractivity contribution in [1.82, 2.24) is 20.2 Å². The van der Waals surface area contributed by atoms with Crippen molar-refractivity contribution in [3.8, 4) is 0 Å². The predicted octanol–water partition coefficient (Wildman–Crippen LogP) is 2.40. The first-order valence-corrected chi connectivity index (χ1v) is 9.96. The van der Waals surface area contributed by atoms with E-state index in [1.54, 1.807) is 4.90 Å². The second kappa shape index (κ2) is 8.35. The first-order chi connectivity index (χ1) is 12.5. The second-order valence-corrected chi connectivity index (χ2v) is 8.32. The van der Waals surface area contributed by atoms with Crippen LogP contribution in [-0.4, -0.2) is 46.4 Å². The van der Waals surface area contributed by atoms with Crippen LogP contribution in [0.4, 0.5) is 5.69 Å². The van der Waals surface area contributed by atoms with Crippen LogP contribution in [0.2, 0.25) is 5.02 Å². The van der Waals surface area contributed by atoms with Crippen molar-refractivity contribution in [2.75, 3.05) is 31.1 Å². The number of rotatable bonds is 6. The van der Waals surface area contributed by atoms with E-state index in [2.05, 4.69) is 60.3 Å². The van der Waals surface area contributed by atoms with Crippen molar-refractivity contribution in [3.63, 3.8) is 0 Å². The Morgan fingerprint density at radius 3 is 2.50 bits per heavy atom. The summed E-state index contributed by atoms with van der Waals surface area (Å²) in [5, 5.41) is 13.4. The topological polar surface area (TPSA) is 51.3 Å². The number of halogens is 1. The molecule has 1 aliphatic heterocycles. The Hall–Kier alpha value is -1.66. The van der Waals surface area contributed by atoms with Gasteiger partial charge in [-0.15, -0.1) is 5.10 Å². The van der Waals surface area contributed by atoms with Gasteiger partial charge in [0, 0.05) is 17.1 Å². The van der Waals surface area contributed by atoms with Gasteiger partial charge in [-0.3, -0.25) is 0 Å². The number of nitrogens with zero attached hydrogens (tertiary/aromatic N) is 5. The summed E-state index contributed by atoms with van der Waals surface area (Å²) in [5.74, 6) is 1.63. The molecule has 7 heteroatoms. The lowest BCUT2D eigenvalue weighted by molar-refractivity contribution is -0.934. The number of nitrogens with one attached hydrogen (secondary N) is 1. The standard InChI is InChI=1S/C19H29ClN6/c1-14(2)12-18(19-21-22-23-26(19)15(3)4)25-10-8-24(9-11-25)17-7-5-6-16(20)13-17/h5-7,13-15,18H,8-12H2,1-4H3/p+1/t18-/m0/s1. The molecule has 2 aromatic rings. The summed E-state index contributed by atoms with van der Waals surface area (Å²) in [5.41, 5.74) is 1.21. The number of hydrogen-bond acceptors (Lipinski definition) is 4. The molecule has 0 unspecified atom stereocenters. The molecule has 0 spiro atoms. The van der Waals surface area contributed by atoms with E-state index >= 15 is 0 Å². The van der Waals surface area contributed by atoms with Gasteiger partial charge in [0.05, 0.1) is 32.2 Å². The molecule has 1 fully saturated rings. The van der Waals surface area contributed by atoms with Crippen LogP contribution in [0, 0.1) is 5.92 Å². The van der Waals surface area contributed by atoms with E-state index in [0.29, 0.717) is 12.0 Å². The van der Waals surface area contributed by atoms with Crippen LogP contribution in [0.1, 0.15) is 52.0 Å². The second-order valence-electron chi connectivity index (χ2n) is 7.88. The average molecular weight is 378 g/mol. The highest BCUT2D eigenvalue weighted by Crippen LogP contribution is 2.21. The van der Waals surface area contributed by atoms with Gasteiger partial charge in [0.2, 0.25) is 5.82 Å².